The summed E-state index contributed by atoms with van der Waals surface area (Å²) in [6.45, 7) is 0.582. The fraction of sp³-hybridized carbons (Fsp3) is 0.0588. The molecule has 3 rings (SSSR count). The van der Waals surface area contributed by atoms with Crippen LogP contribution in [0.15, 0.2) is 52.3 Å². The van der Waals surface area contributed by atoms with E-state index in [1.54, 1.807) is 17.4 Å². The van der Waals surface area contributed by atoms with Gasteiger partial charge in [-0.15, -0.1) is 11.3 Å². The van der Waals surface area contributed by atoms with Crippen LogP contribution in [0, 0.1) is 11.3 Å². The van der Waals surface area contributed by atoms with E-state index in [0.29, 0.717) is 18.3 Å². The molecule has 0 atom stereocenters. The zero-order valence-electron chi connectivity index (χ0n) is 11.7. The average molecular weight is 307 g/mol. The van der Waals surface area contributed by atoms with Crippen molar-refractivity contribution in [1.29, 1.82) is 5.26 Å². The summed E-state index contributed by atoms with van der Waals surface area (Å²) in [5, 5.41) is 14.3. The Morgan fingerprint density at radius 2 is 2.05 bits per heavy atom. The molecule has 2 aromatic heterocycles. The van der Waals surface area contributed by atoms with Gasteiger partial charge in [0.25, 0.3) is 0 Å². The number of oxazole rings is 1. The Balaban J connectivity index is 1.73. The lowest BCUT2D eigenvalue weighted by Crippen LogP contribution is -1.99. The van der Waals surface area contributed by atoms with Crippen molar-refractivity contribution in [3.05, 3.63) is 69.9 Å². The van der Waals surface area contributed by atoms with Gasteiger partial charge in [0, 0.05) is 17.5 Å². The first kappa shape index (κ1) is 14.1. The van der Waals surface area contributed by atoms with Gasteiger partial charge in [-0.3, -0.25) is 0 Å². The van der Waals surface area contributed by atoms with Crippen molar-refractivity contribution in [3.8, 4) is 6.07 Å². The lowest BCUT2D eigenvalue weighted by Gasteiger charge is -2.02. The lowest BCUT2D eigenvalue weighted by molar-refractivity contribution is 0.557. The first-order valence-corrected chi connectivity index (χ1v) is 7.63. The van der Waals surface area contributed by atoms with E-state index in [9.17, 15) is 0 Å². The largest absolute Gasteiger partial charge is 0.420 e. The number of hydrogen-bond donors (Lipinski definition) is 1. The van der Waals surface area contributed by atoms with E-state index in [2.05, 4.69) is 10.3 Å². The van der Waals surface area contributed by atoms with Gasteiger partial charge in [-0.25, -0.2) is 0 Å². The number of anilines is 1. The van der Waals surface area contributed by atoms with E-state index >= 15 is 0 Å². The topological polar surface area (TPSA) is 61.9 Å². The van der Waals surface area contributed by atoms with Crippen molar-refractivity contribution in [2.24, 2.45) is 0 Å². The third-order valence-corrected chi connectivity index (χ3v) is 3.82. The molecule has 1 aromatic carbocycles. The Bertz CT molecular complexity index is 798. The molecule has 1 N–H and O–H groups in total. The van der Waals surface area contributed by atoms with E-state index in [4.69, 9.17) is 9.68 Å². The molecule has 4 nitrogen and oxygen atoms in total. The van der Waals surface area contributed by atoms with Gasteiger partial charge in [0.1, 0.15) is 6.07 Å². The van der Waals surface area contributed by atoms with Crippen LogP contribution in [0.5, 0.6) is 0 Å². The molecule has 0 radical (unpaired) electrons. The highest BCUT2D eigenvalue weighted by Gasteiger charge is 2.10. The second-order valence-corrected chi connectivity index (χ2v) is 5.51. The molecule has 0 fully saturated rings. The van der Waals surface area contributed by atoms with Gasteiger partial charge in [-0.05, 0) is 23.1 Å². The van der Waals surface area contributed by atoms with Crippen LogP contribution in [-0.4, -0.2) is 4.98 Å². The van der Waals surface area contributed by atoms with Crippen molar-refractivity contribution >= 4 is 29.4 Å². The number of benzene rings is 1. The van der Waals surface area contributed by atoms with Crippen LogP contribution in [-0.2, 0) is 6.54 Å². The van der Waals surface area contributed by atoms with Gasteiger partial charge in [-0.2, -0.15) is 10.2 Å². The summed E-state index contributed by atoms with van der Waals surface area (Å²) < 4.78 is 5.60. The molecule has 0 bridgehead atoms. The van der Waals surface area contributed by atoms with Gasteiger partial charge in [0.2, 0.25) is 17.5 Å². The first-order valence-electron chi connectivity index (χ1n) is 6.75. The number of hydrogen-bond acceptors (Lipinski definition) is 5. The summed E-state index contributed by atoms with van der Waals surface area (Å²) in [4.78, 5) is 5.27. The van der Waals surface area contributed by atoms with Crippen LogP contribution in [0.25, 0.3) is 12.2 Å². The second-order valence-electron chi connectivity index (χ2n) is 4.53. The van der Waals surface area contributed by atoms with Gasteiger partial charge < -0.3 is 9.73 Å². The van der Waals surface area contributed by atoms with Crippen LogP contribution in [0.1, 0.15) is 22.0 Å². The van der Waals surface area contributed by atoms with Crippen molar-refractivity contribution in [2.45, 2.75) is 6.54 Å². The van der Waals surface area contributed by atoms with Crippen molar-refractivity contribution in [1.82, 2.24) is 4.98 Å². The van der Waals surface area contributed by atoms with Gasteiger partial charge in [0.05, 0.1) is 0 Å². The highest BCUT2D eigenvalue weighted by Crippen LogP contribution is 2.20. The van der Waals surface area contributed by atoms with Crippen LogP contribution in [0.2, 0.25) is 0 Å². The van der Waals surface area contributed by atoms with Gasteiger partial charge in [-0.1, -0.05) is 36.4 Å². The van der Waals surface area contributed by atoms with Crippen molar-refractivity contribution in [3.63, 3.8) is 0 Å². The van der Waals surface area contributed by atoms with Crippen LogP contribution < -0.4 is 5.32 Å². The first-order chi connectivity index (χ1) is 10.8. The van der Waals surface area contributed by atoms with E-state index in [0.717, 1.165) is 10.4 Å². The monoisotopic (exact) mass is 307 g/mol. The molecular formula is C17H13N3OS. The van der Waals surface area contributed by atoms with Crippen LogP contribution in [0.3, 0.4) is 0 Å². The maximum absolute atomic E-state index is 9.15. The Morgan fingerprint density at radius 1 is 1.18 bits per heavy atom. The third-order valence-electron chi connectivity index (χ3n) is 2.98. The number of nitrogens with one attached hydrogen (secondary N) is 1. The summed E-state index contributed by atoms with van der Waals surface area (Å²) in [6, 6.07) is 15.9. The minimum atomic E-state index is 0.266. The molecule has 5 heteroatoms. The van der Waals surface area contributed by atoms with E-state index in [1.807, 2.05) is 60.0 Å². The van der Waals surface area contributed by atoms with E-state index in [-0.39, 0.29) is 5.69 Å². The quantitative estimate of drug-likeness (QED) is 0.759. The molecule has 0 amide bonds. The number of rotatable bonds is 5. The summed E-state index contributed by atoms with van der Waals surface area (Å²) in [7, 11) is 0. The summed E-state index contributed by atoms with van der Waals surface area (Å²) in [6.07, 6.45) is 3.68. The molecule has 0 aliphatic rings. The molecule has 108 valence electrons. The molecule has 0 spiro atoms. The average Bonchev–Trinajstić information content (AvgIpc) is 3.21. The van der Waals surface area contributed by atoms with Crippen LogP contribution in [0.4, 0.5) is 5.88 Å². The maximum Gasteiger partial charge on any atom is 0.232 e. The fourth-order valence-electron chi connectivity index (χ4n) is 1.92. The molecule has 0 aliphatic heterocycles. The molecule has 2 heterocycles. The van der Waals surface area contributed by atoms with Crippen molar-refractivity contribution < 1.29 is 4.42 Å². The number of nitriles is 1. The summed E-state index contributed by atoms with van der Waals surface area (Å²) in [5.74, 6) is 0.817. The number of aromatic nitrogens is 1. The van der Waals surface area contributed by atoms with Gasteiger partial charge >= 0.3 is 0 Å². The van der Waals surface area contributed by atoms with Crippen LogP contribution >= 0.6 is 11.3 Å². The molecule has 22 heavy (non-hydrogen) atoms. The number of nitrogens with zero attached hydrogens (tertiary/aromatic N) is 2. The predicted octanol–water partition coefficient (Wildman–Crippen LogP) is 4.39. The molecule has 0 unspecified atom stereocenters. The molecule has 0 aliphatic carbocycles. The Morgan fingerprint density at radius 3 is 2.77 bits per heavy atom. The minimum absolute atomic E-state index is 0.266. The summed E-state index contributed by atoms with van der Waals surface area (Å²) >= 11 is 1.63. The molecule has 3 aromatic rings. The zero-order valence-corrected chi connectivity index (χ0v) is 12.5. The SMILES string of the molecule is N#Cc1nc(/C=C/c2cccs2)oc1NCc1ccccc1. The zero-order chi connectivity index (χ0) is 15.2. The lowest BCUT2D eigenvalue weighted by atomic mass is 10.2. The van der Waals surface area contributed by atoms with Gasteiger partial charge in [0.15, 0.2) is 0 Å². The smallest absolute Gasteiger partial charge is 0.232 e. The molecular weight excluding hydrogens is 294 g/mol. The molecule has 0 saturated heterocycles. The Kier molecular flexibility index (Phi) is 4.33. The van der Waals surface area contributed by atoms with Crippen molar-refractivity contribution in [2.75, 3.05) is 5.32 Å². The maximum atomic E-state index is 9.15. The fourth-order valence-corrected chi connectivity index (χ4v) is 2.54. The minimum Gasteiger partial charge on any atom is -0.420 e. The Labute approximate surface area is 132 Å². The predicted molar refractivity (Wildman–Crippen MR) is 88.2 cm³/mol. The van der Waals surface area contributed by atoms with E-state index < -0.39 is 0 Å². The molecule has 0 saturated carbocycles. The normalized spacial score (nSPS) is 10.7. The highest BCUT2D eigenvalue weighted by atomic mass is 32.1. The number of thiophene rings is 1. The standard InChI is InChI=1S/C17H13N3OS/c18-11-15-17(19-12-13-5-2-1-3-6-13)21-16(20-15)9-8-14-7-4-10-22-14/h1-10,19H,12H2/b9-8+. The Hall–Kier alpha value is -2.84. The third kappa shape index (κ3) is 3.43. The second kappa shape index (κ2) is 6.74. The van der Waals surface area contributed by atoms with E-state index in [1.165, 1.54) is 0 Å². The highest BCUT2D eigenvalue weighted by molar-refractivity contribution is 7.10. The summed E-state index contributed by atoms with van der Waals surface area (Å²) in [5.41, 5.74) is 1.38.